The molecule has 78 valence electrons. The van der Waals surface area contributed by atoms with Gasteiger partial charge in [-0.15, -0.1) is 0 Å². The Kier molecular flexibility index (Phi) is 3.28. The largest absolute Gasteiger partial charge is 0.479 e. The Hall–Kier alpha value is -1.32. The van der Waals surface area contributed by atoms with Crippen molar-refractivity contribution in [2.24, 2.45) is 0 Å². The number of nitrogens with one attached hydrogen (secondary N) is 1. The van der Waals surface area contributed by atoms with Gasteiger partial charge in [-0.2, -0.15) is 0 Å². The van der Waals surface area contributed by atoms with Gasteiger partial charge in [0.25, 0.3) is 0 Å². The molecule has 1 atom stereocenters. The lowest BCUT2D eigenvalue weighted by molar-refractivity contribution is -0.139. The van der Waals surface area contributed by atoms with E-state index in [1.807, 2.05) is 20.0 Å². The van der Waals surface area contributed by atoms with E-state index >= 15 is 0 Å². The standard InChI is InChI=1S/C10H16N2O2/c1-3-7-5-8(11)9(10(13)14)12(4-2)6-7/h6,9,11H,3-5H2,1-2H3,(H,13,14). The van der Waals surface area contributed by atoms with Gasteiger partial charge >= 0.3 is 5.97 Å². The van der Waals surface area contributed by atoms with Crippen LogP contribution >= 0.6 is 0 Å². The smallest absolute Gasteiger partial charge is 0.332 e. The minimum absolute atomic E-state index is 0.290. The molecule has 4 heteroatoms. The van der Waals surface area contributed by atoms with Crippen LogP contribution in [-0.2, 0) is 4.79 Å². The van der Waals surface area contributed by atoms with Crippen molar-refractivity contribution in [3.8, 4) is 0 Å². The van der Waals surface area contributed by atoms with E-state index in [0.29, 0.717) is 18.7 Å². The van der Waals surface area contributed by atoms with E-state index in [1.165, 1.54) is 0 Å². The Balaban J connectivity index is 2.93. The van der Waals surface area contributed by atoms with Crippen molar-refractivity contribution in [3.05, 3.63) is 11.8 Å². The van der Waals surface area contributed by atoms with Crippen LogP contribution in [0, 0.1) is 5.41 Å². The monoisotopic (exact) mass is 196 g/mol. The molecule has 2 N–H and O–H groups in total. The molecule has 0 aromatic rings. The molecule has 0 amide bonds. The number of nitrogens with zero attached hydrogens (tertiary/aromatic N) is 1. The van der Waals surface area contributed by atoms with Gasteiger partial charge in [-0.05, 0) is 25.1 Å². The summed E-state index contributed by atoms with van der Waals surface area (Å²) in [4.78, 5) is 12.6. The summed E-state index contributed by atoms with van der Waals surface area (Å²) in [5.41, 5.74) is 1.42. The zero-order valence-electron chi connectivity index (χ0n) is 8.58. The SMILES string of the molecule is CCC1=CN(CC)C(C(=O)O)C(=N)C1. The molecule has 0 aliphatic carbocycles. The number of carboxylic acid groups (broad SMARTS) is 1. The van der Waals surface area contributed by atoms with Gasteiger partial charge in [-0.3, -0.25) is 0 Å². The summed E-state index contributed by atoms with van der Waals surface area (Å²) >= 11 is 0. The number of hydrogen-bond donors (Lipinski definition) is 2. The summed E-state index contributed by atoms with van der Waals surface area (Å²) in [6.07, 6.45) is 3.27. The molecule has 1 rings (SSSR count). The van der Waals surface area contributed by atoms with Crippen LogP contribution in [0.5, 0.6) is 0 Å². The second-order valence-corrected chi connectivity index (χ2v) is 3.41. The molecule has 0 aromatic carbocycles. The highest BCUT2D eigenvalue weighted by Gasteiger charge is 2.30. The lowest BCUT2D eigenvalue weighted by atomic mass is 9.96. The number of hydrogen-bond acceptors (Lipinski definition) is 3. The molecule has 1 aliphatic rings. The van der Waals surface area contributed by atoms with Crippen LogP contribution in [0.25, 0.3) is 0 Å². The quantitative estimate of drug-likeness (QED) is 0.718. The lowest BCUT2D eigenvalue weighted by Crippen LogP contribution is -2.46. The fourth-order valence-electron chi connectivity index (χ4n) is 1.68. The number of rotatable bonds is 3. The first-order valence-electron chi connectivity index (χ1n) is 4.85. The maximum atomic E-state index is 10.9. The molecular weight excluding hydrogens is 180 g/mol. The first kappa shape index (κ1) is 10.8. The van der Waals surface area contributed by atoms with Crippen LogP contribution in [0.4, 0.5) is 0 Å². The van der Waals surface area contributed by atoms with E-state index in [9.17, 15) is 4.79 Å². The second-order valence-electron chi connectivity index (χ2n) is 3.41. The van der Waals surface area contributed by atoms with Gasteiger partial charge in [0.05, 0.1) is 0 Å². The number of carbonyl (C=O) groups is 1. The lowest BCUT2D eigenvalue weighted by Gasteiger charge is -2.32. The highest BCUT2D eigenvalue weighted by molar-refractivity contribution is 6.05. The van der Waals surface area contributed by atoms with E-state index in [1.54, 1.807) is 4.90 Å². The minimum Gasteiger partial charge on any atom is -0.479 e. The fourth-order valence-corrected chi connectivity index (χ4v) is 1.68. The Morgan fingerprint density at radius 1 is 1.71 bits per heavy atom. The van der Waals surface area contributed by atoms with Gasteiger partial charge < -0.3 is 15.4 Å². The molecule has 0 bridgehead atoms. The average Bonchev–Trinajstić information content (AvgIpc) is 2.15. The summed E-state index contributed by atoms with van der Waals surface area (Å²) in [5.74, 6) is -0.928. The van der Waals surface area contributed by atoms with Crippen molar-refractivity contribution >= 4 is 11.7 Å². The highest BCUT2D eigenvalue weighted by atomic mass is 16.4. The zero-order valence-corrected chi connectivity index (χ0v) is 8.58. The maximum absolute atomic E-state index is 10.9. The number of carboxylic acids is 1. The van der Waals surface area contributed by atoms with Crippen molar-refractivity contribution in [3.63, 3.8) is 0 Å². The Labute approximate surface area is 83.7 Å². The molecule has 0 radical (unpaired) electrons. The van der Waals surface area contributed by atoms with Crippen LogP contribution in [0.2, 0.25) is 0 Å². The molecule has 0 spiro atoms. The average molecular weight is 196 g/mol. The fraction of sp³-hybridized carbons (Fsp3) is 0.600. The van der Waals surface area contributed by atoms with E-state index < -0.39 is 12.0 Å². The molecule has 0 saturated heterocycles. The van der Waals surface area contributed by atoms with E-state index in [4.69, 9.17) is 10.5 Å². The molecule has 0 fully saturated rings. The molecule has 1 heterocycles. The van der Waals surface area contributed by atoms with Crippen LogP contribution in [0.15, 0.2) is 11.8 Å². The normalized spacial score (nSPS) is 22.1. The Bertz CT molecular complexity index is 284. The third-order valence-corrected chi connectivity index (χ3v) is 2.48. The van der Waals surface area contributed by atoms with Gasteiger partial charge in [-0.1, -0.05) is 6.92 Å². The van der Waals surface area contributed by atoms with Gasteiger partial charge in [0.2, 0.25) is 0 Å². The third kappa shape index (κ3) is 1.95. The van der Waals surface area contributed by atoms with Gasteiger partial charge in [-0.25, -0.2) is 4.79 Å². The third-order valence-electron chi connectivity index (χ3n) is 2.48. The second kappa shape index (κ2) is 4.26. The predicted molar refractivity (Wildman–Crippen MR) is 54.5 cm³/mol. The molecular formula is C10H16N2O2. The van der Waals surface area contributed by atoms with Crippen LogP contribution in [-0.4, -0.2) is 34.3 Å². The minimum atomic E-state index is -0.928. The first-order chi connectivity index (χ1) is 6.60. The van der Waals surface area contributed by atoms with Gasteiger partial charge in [0.15, 0.2) is 6.04 Å². The van der Waals surface area contributed by atoms with Crippen molar-refractivity contribution in [2.45, 2.75) is 32.7 Å². The molecule has 1 unspecified atom stereocenters. The maximum Gasteiger partial charge on any atom is 0.332 e. The van der Waals surface area contributed by atoms with Crippen LogP contribution in [0.3, 0.4) is 0 Å². The predicted octanol–water partition coefficient (Wildman–Crippen LogP) is 1.48. The van der Waals surface area contributed by atoms with Crippen molar-refractivity contribution in [2.75, 3.05) is 6.54 Å². The van der Waals surface area contributed by atoms with Gasteiger partial charge in [0.1, 0.15) is 0 Å². The Morgan fingerprint density at radius 3 is 2.79 bits per heavy atom. The molecule has 0 saturated carbocycles. The van der Waals surface area contributed by atoms with Crippen molar-refractivity contribution < 1.29 is 9.90 Å². The Morgan fingerprint density at radius 2 is 2.36 bits per heavy atom. The molecule has 4 nitrogen and oxygen atoms in total. The number of aliphatic carboxylic acids is 1. The van der Waals surface area contributed by atoms with Crippen LogP contribution in [0.1, 0.15) is 26.7 Å². The van der Waals surface area contributed by atoms with Crippen molar-refractivity contribution in [1.29, 1.82) is 5.41 Å². The van der Waals surface area contributed by atoms with Crippen LogP contribution < -0.4 is 0 Å². The summed E-state index contributed by atoms with van der Waals surface area (Å²) in [6, 6.07) is -0.754. The highest BCUT2D eigenvalue weighted by Crippen LogP contribution is 2.20. The first-order valence-corrected chi connectivity index (χ1v) is 4.85. The summed E-state index contributed by atoms with van der Waals surface area (Å²) in [6.45, 7) is 4.55. The molecule has 0 aromatic heterocycles. The van der Waals surface area contributed by atoms with Gasteiger partial charge in [0, 0.05) is 18.7 Å². The number of likely N-dealkylation sites (N-methyl/N-ethyl adjacent to an activating group) is 1. The summed E-state index contributed by atoms with van der Waals surface area (Å²) in [5, 5.41) is 16.6. The zero-order chi connectivity index (χ0) is 10.7. The topological polar surface area (TPSA) is 64.4 Å². The number of allylic oxidation sites excluding steroid dienone is 1. The summed E-state index contributed by atoms with van der Waals surface area (Å²) in [7, 11) is 0. The van der Waals surface area contributed by atoms with E-state index in [-0.39, 0.29) is 0 Å². The van der Waals surface area contributed by atoms with E-state index in [0.717, 1.165) is 12.0 Å². The molecule has 14 heavy (non-hydrogen) atoms. The van der Waals surface area contributed by atoms with E-state index in [2.05, 4.69) is 0 Å². The molecule has 1 aliphatic heterocycles. The summed E-state index contributed by atoms with van der Waals surface area (Å²) < 4.78 is 0. The van der Waals surface area contributed by atoms with Crippen molar-refractivity contribution in [1.82, 2.24) is 4.90 Å².